The maximum absolute atomic E-state index is 15.3. The highest BCUT2D eigenvalue weighted by Gasteiger charge is 2.30. The van der Waals surface area contributed by atoms with Crippen molar-refractivity contribution in [3.63, 3.8) is 0 Å². The van der Waals surface area contributed by atoms with Gasteiger partial charge in [0.1, 0.15) is 5.82 Å². The molecule has 40 heavy (non-hydrogen) atoms. The van der Waals surface area contributed by atoms with Crippen LogP contribution in [0.5, 0.6) is 0 Å². The lowest BCUT2D eigenvalue weighted by Crippen LogP contribution is -2.49. The number of alkyl halides is 2. The number of hydrogen-bond donors (Lipinski definition) is 0. The highest BCUT2D eigenvalue weighted by Crippen LogP contribution is 2.31. The lowest BCUT2D eigenvalue weighted by Gasteiger charge is -2.33. The number of amides is 2. The number of hydrogen-bond acceptors (Lipinski definition) is 7. The fourth-order valence-corrected chi connectivity index (χ4v) is 6.23. The quantitative estimate of drug-likeness (QED) is 0.426. The van der Waals surface area contributed by atoms with Crippen LogP contribution in [0.15, 0.2) is 46.9 Å². The van der Waals surface area contributed by atoms with E-state index in [4.69, 9.17) is 4.42 Å². The number of sulfone groups is 1. The van der Waals surface area contributed by atoms with E-state index in [1.165, 1.54) is 27.5 Å². The van der Waals surface area contributed by atoms with E-state index in [-0.39, 0.29) is 48.2 Å². The van der Waals surface area contributed by atoms with Gasteiger partial charge >= 0.3 is 12.5 Å². The molecule has 0 unspecified atom stereocenters. The molecule has 1 aromatic heterocycles. The van der Waals surface area contributed by atoms with Gasteiger partial charge in [-0.05, 0) is 68.7 Å². The summed E-state index contributed by atoms with van der Waals surface area (Å²) in [4.78, 5) is 18.8. The van der Waals surface area contributed by atoms with E-state index in [2.05, 4.69) is 22.1 Å². The molecule has 214 valence electrons. The van der Waals surface area contributed by atoms with Crippen LogP contribution in [0.25, 0.3) is 11.5 Å². The summed E-state index contributed by atoms with van der Waals surface area (Å²) in [6.07, 6.45) is -0.866. The summed E-state index contributed by atoms with van der Waals surface area (Å²) in [5, 5.41) is 6.82. The Bertz CT molecular complexity index is 1440. The number of anilines is 1. The maximum Gasteiger partial charge on any atom is 0.324 e. The molecule has 0 radical (unpaired) electrons. The van der Waals surface area contributed by atoms with Gasteiger partial charge in [-0.25, -0.2) is 17.6 Å². The largest absolute Gasteiger partial charge is 0.415 e. The highest BCUT2D eigenvalue weighted by molar-refractivity contribution is 7.91. The molecule has 2 aliphatic rings. The second-order valence-electron chi connectivity index (χ2n) is 10.2. The van der Waals surface area contributed by atoms with Gasteiger partial charge in [-0.2, -0.15) is 8.78 Å². The summed E-state index contributed by atoms with van der Waals surface area (Å²) in [5.41, 5.74) is 2.03. The minimum atomic E-state index is -3.20. The van der Waals surface area contributed by atoms with Crippen LogP contribution in [0.1, 0.15) is 42.2 Å². The SMILES string of the molecule is CN1CCC(c2ccc(N(Cc3ccc(-c4nnc(C(F)F)o4)cc3F)C(=O)N3CCS(=O)(=O)CC3)cc2)CC1. The van der Waals surface area contributed by atoms with Gasteiger partial charge in [-0.1, -0.05) is 18.2 Å². The van der Waals surface area contributed by atoms with E-state index in [1.54, 1.807) is 0 Å². The first kappa shape index (κ1) is 28.1. The van der Waals surface area contributed by atoms with Crippen LogP contribution in [0.3, 0.4) is 0 Å². The van der Waals surface area contributed by atoms with Gasteiger partial charge in [0, 0.05) is 29.9 Å². The van der Waals surface area contributed by atoms with Crippen molar-refractivity contribution >= 4 is 21.6 Å². The lowest BCUT2D eigenvalue weighted by atomic mass is 9.89. The molecule has 2 aromatic carbocycles. The molecule has 0 atom stereocenters. The minimum absolute atomic E-state index is 0.0520. The molecule has 0 bridgehead atoms. The molecule has 3 aromatic rings. The van der Waals surface area contributed by atoms with Crippen molar-refractivity contribution in [1.29, 1.82) is 0 Å². The van der Waals surface area contributed by atoms with Crippen molar-refractivity contribution in [3.05, 3.63) is 65.3 Å². The number of rotatable bonds is 6. The molecule has 0 saturated carbocycles. The van der Waals surface area contributed by atoms with Crippen molar-refractivity contribution in [1.82, 2.24) is 20.0 Å². The van der Waals surface area contributed by atoms with Gasteiger partial charge in [-0.3, -0.25) is 4.90 Å². The summed E-state index contributed by atoms with van der Waals surface area (Å²) in [7, 11) is -1.10. The summed E-state index contributed by atoms with van der Waals surface area (Å²) in [6, 6.07) is 11.2. The summed E-state index contributed by atoms with van der Waals surface area (Å²) < 4.78 is 69.7. The average Bonchev–Trinajstić information content (AvgIpc) is 3.44. The number of piperidine rings is 1. The molecule has 5 rings (SSSR count). The number of halogens is 3. The van der Waals surface area contributed by atoms with Crippen LogP contribution >= 0.6 is 0 Å². The fraction of sp³-hybridized carbons (Fsp3) is 0.444. The number of likely N-dealkylation sites (tertiary alicyclic amines) is 1. The zero-order valence-corrected chi connectivity index (χ0v) is 22.8. The Kier molecular flexibility index (Phi) is 8.13. The second kappa shape index (κ2) is 11.6. The monoisotopic (exact) mass is 577 g/mol. The highest BCUT2D eigenvalue weighted by atomic mass is 32.2. The first-order chi connectivity index (χ1) is 19.1. The fourth-order valence-electron chi connectivity index (χ4n) is 5.03. The van der Waals surface area contributed by atoms with Gasteiger partial charge in [-0.15, -0.1) is 10.2 Å². The Morgan fingerprint density at radius 1 is 1.05 bits per heavy atom. The number of urea groups is 1. The van der Waals surface area contributed by atoms with Crippen LogP contribution < -0.4 is 4.90 Å². The third kappa shape index (κ3) is 6.30. The summed E-state index contributed by atoms with van der Waals surface area (Å²) >= 11 is 0. The van der Waals surface area contributed by atoms with Crippen LogP contribution in [-0.4, -0.2) is 79.2 Å². The zero-order chi connectivity index (χ0) is 28.4. The average molecular weight is 578 g/mol. The Balaban J connectivity index is 1.40. The van der Waals surface area contributed by atoms with Crippen molar-refractivity contribution in [2.24, 2.45) is 0 Å². The standard InChI is InChI=1S/C27H30F3N5O4S/c1-33-10-8-19(9-11-33)18-4-6-22(7-5-18)35(27(36)34-12-14-40(37,38)15-13-34)17-21-3-2-20(16-23(21)28)25-31-32-26(39-25)24(29)30/h2-7,16,19,24H,8-15,17H2,1H3. The number of carbonyl (C=O) groups excluding carboxylic acids is 1. The van der Waals surface area contributed by atoms with Crippen LogP contribution in [0.4, 0.5) is 23.7 Å². The molecule has 0 N–H and O–H groups in total. The topological polar surface area (TPSA) is 99.8 Å². The van der Waals surface area contributed by atoms with Gasteiger partial charge in [0.05, 0.1) is 18.1 Å². The van der Waals surface area contributed by atoms with E-state index in [9.17, 15) is 22.0 Å². The Hall–Kier alpha value is -3.45. The van der Waals surface area contributed by atoms with E-state index >= 15 is 4.39 Å². The second-order valence-corrected chi connectivity index (χ2v) is 12.5. The van der Waals surface area contributed by atoms with Crippen LogP contribution in [0.2, 0.25) is 0 Å². The van der Waals surface area contributed by atoms with Crippen LogP contribution in [0, 0.1) is 5.82 Å². The van der Waals surface area contributed by atoms with Crippen LogP contribution in [-0.2, 0) is 16.4 Å². The third-order valence-corrected chi connectivity index (χ3v) is 9.11. The summed E-state index contributed by atoms with van der Waals surface area (Å²) in [5.74, 6) is -1.63. The van der Waals surface area contributed by atoms with Gasteiger partial charge in [0.25, 0.3) is 5.89 Å². The normalized spacial score (nSPS) is 18.3. The molecule has 2 saturated heterocycles. The van der Waals surface area contributed by atoms with Gasteiger partial charge < -0.3 is 14.2 Å². The van der Waals surface area contributed by atoms with E-state index in [0.29, 0.717) is 11.6 Å². The maximum atomic E-state index is 15.3. The Morgan fingerprint density at radius 2 is 1.73 bits per heavy atom. The van der Waals surface area contributed by atoms with E-state index in [0.717, 1.165) is 32.0 Å². The first-order valence-corrected chi connectivity index (χ1v) is 14.9. The van der Waals surface area contributed by atoms with E-state index < -0.39 is 34.0 Å². The van der Waals surface area contributed by atoms with Crippen molar-refractivity contribution < 1.29 is 30.8 Å². The number of benzene rings is 2. The lowest BCUT2D eigenvalue weighted by molar-refractivity contribution is 0.116. The molecule has 9 nitrogen and oxygen atoms in total. The van der Waals surface area contributed by atoms with E-state index in [1.807, 2.05) is 24.3 Å². The van der Waals surface area contributed by atoms with Gasteiger partial charge in [0.2, 0.25) is 5.89 Å². The minimum Gasteiger partial charge on any atom is -0.415 e. The predicted molar refractivity (Wildman–Crippen MR) is 142 cm³/mol. The smallest absolute Gasteiger partial charge is 0.324 e. The van der Waals surface area contributed by atoms with Crippen molar-refractivity contribution in [2.75, 3.05) is 49.6 Å². The summed E-state index contributed by atoms with van der Waals surface area (Å²) in [6.45, 7) is 2.00. The molecule has 13 heteroatoms. The molecule has 2 fully saturated rings. The molecular formula is C27H30F3N5O4S. The van der Waals surface area contributed by atoms with Crippen molar-refractivity contribution in [3.8, 4) is 11.5 Å². The van der Waals surface area contributed by atoms with Gasteiger partial charge in [0.15, 0.2) is 9.84 Å². The Morgan fingerprint density at radius 3 is 2.33 bits per heavy atom. The molecule has 3 heterocycles. The molecular weight excluding hydrogens is 547 g/mol. The molecule has 0 aliphatic carbocycles. The first-order valence-electron chi connectivity index (χ1n) is 13.1. The number of carbonyl (C=O) groups is 1. The Labute approximate surface area is 230 Å². The predicted octanol–water partition coefficient (Wildman–Crippen LogP) is 4.48. The zero-order valence-electron chi connectivity index (χ0n) is 22.0. The number of aromatic nitrogens is 2. The molecule has 0 spiro atoms. The van der Waals surface area contributed by atoms with Crippen molar-refractivity contribution in [2.45, 2.75) is 31.7 Å². The molecule has 2 amide bonds. The molecule has 2 aliphatic heterocycles. The number of nitrogens with zero attached hydrogens (tertiary/aromatic N) is 5. The third-order valence-electron chi connectivity index (χ3n) is 7.50.